The average Bonchev–Trinajstić information content (AvgIpc) is 3.09. The number of ether oxygens (including phenoxy) is 1. The molecule has 0 bridgehead atoms. The SMILES string of the molecule is Cc1cccc(C)c1NC(=O)CN(C)C(=O)COC(=O)C[C@H]1C=CCC1. The molecule has 1 atom stereocenters. The number of benzene rings is 1. The number of allylic oxidation sites excluding steroid dienone is 2. The predicted molar refractivity (Wildman–Crippen MR) is 99.6 cm³/mol. The van der Waals surface area contributed by atoms with E-state index in [1.54, 1.807) is 0 Å². The van der Waals surface area contributed by atoms with Crippen molar-refractivity contribution in [2.24, 2.45) is 5.92 Å². The van der Waals surface area contributed by atoms with Gasteiger partial charge in [0.25, 0.3) is 5.91 Å². The summed E-state index contributed by atoms with van der Waals surface area (Å²) < 4.78 is 5.03. The molecule has 0 unspecified atom stereocenters. The van der Waals surface area contributed by atoms with Gasteiger partial charge in [-0.25, -0.2) is 0 Å². The number of anilines is 1. The van der Waals surface area contributed by atoms with Crippen LogP contribution in [0.3, 0.4) is 0 Å². The molecule has 1 aliphatic carbocycles. The van der Waals surface area contributed by atoms with Crippen molar-refractivity contribution in [3.05, 3.63) is 41.5 Å². The van der Waals surface area contributed by atoms with Gasteiger partial charge >= 0.3 is 5.97 Å². The Morgan fingerprint density at radius 1 is 1.23 bits per heavy atom. The minimum atomic E-state index is -0.406. The summed E-state index contributed by atoms with van der Waals surface area (Å²) in [6.45, 7) is 3.38. The fourth-order valence-corrected chi connectivity index (χ4v) is 2.88. The number of rotatable bonds is 7. The Hall–Kier alpha value is -2.63. The standard InChI is InChI=1S/C20H26N2O4/c1-14-7-6-8-15(2)20(14)21-17(23)12-22(3)18(24)13-26-19(25)11-16-9-4-5-10-16/h4,6-9,16H,5,10-13H2,1-3H3,(H,21,23)/t16-/m0/s1. The highest BCUT2D eigenvalue weighted by molar-refractivity contribution is 5.96. The summed E-state index contributed by atoms with van der Waals surface area (Å²) in [6.07, 6.45) is 6.27. The van der Waals surface area contributed by atoms with Gasteiger partial charge < -0.3 is 15.0 Å². The van der Waals surface area contributed by atoms with Crippen molar-refractivity contribution in [1.29, 1.82) is 0 Å². The van der Waals surface area contributed by atoms with Crippen molar-refractivity contribution in [3.63, 3.8) is 0 Å². The van der Waals surface area contributed by atoms with E-state index < -0.39 is 5.91 Å². The third-order valence-corrected chi connectivity index (χ3v) is 4.45. The fourth-order valence-electron chi connectivity index (χ4n) is 2.88. The van der Waals surface area contributed by atoms with Crippen molar-refractivity contribution >= 4 is 23.5 Å². The van der Waals surface area contributed by atoms with Crippen LogP contribution >= 0.6 is 0 Å². The molecule has 6 nitrogen and oxygen atoms in total. The van der Waals surface area contributed by atoms with Gasteiger partial charge in [0.05, 0.1) is 13.0 Å². The number of hydrogen-bond acceptors (Lipinski definition) is 4. The zero-order chi connectivity index (χ0) is 19.1. The molecular weight excluding hydrogens is 332 g/mol. The number of nitrogens with one attached hydrogen (secondary N) is 1. The summed E-state index contributed by atoms with van der Waals surface area (Å²) in [5.41, 5.74) is 2.68. The number of hydrogen-bond donors (Lipinski definition) is 1. The van der Waals surface area contributed by atoms with E-state index in [1.165, 1.54) is 11.9 Å². The van der Waals surface area contributed by atoms with Gasteiger partial charge in [0.1, 0.15) is 0 Å². The van der Waals surface area contributed by atoms with Crippen LogP contribution in [-0.2, 0) is 19.1 Å². The van der Waals surface area contributed by atoms with Crippen LogP contribution in [0.25, 0.3) is 0 Å². The average molecular weight is 358 g/mol. The maximum Gasteiger partial charge on any atom is 0.306 e. The first-order chi connectivity index (χ1) is 12.4. The van der Waals surface area contributed by atoms with Gasteiger partial charge in [0.15, 0.2) is 6.61 Å². The monoisotopic (exact) mass is 358 g/mol. The van der Waals surface area contributed by atoms with E-state index in [2.05, 4.69) is 5.32 Å². The van der Waals surface area contributed by atoms with Crippen LogP contribution < -0.4 is 5.32 Å². The third kappa shape index (κ3) is 5.72. The lowest BCUT2D eigenvalue weighted by Gasteiger charge is -2.18. The van der Waals surface area contributed by atoms with Crippen LogP contribution in [0.4, 0.5) is 5.69 Å². The van der Waals surface area contributed by atoms with Gasteiger partial charge in [-0.05, 0) is 43.7 Å². The van der Waals surface area contributed by atoms with Gasteiger partial charge in [-0.15, -0.1) is 0 Å². The first kappa shape index (κ1) is 19.7. The zero-order valence-electron chi connectivity index (χ0n) is 15.6. The molecule has 0 aliphatic heterocycles. The van der Waals surface area contributed by atoms with Crippen molar-refractivity contribution < 1.29 is 19.1 Å². The number of aryl methyl sites for hydroxylation is 2. The number of carbonyl (C=O) groups is 3. The second kappa shape index (κ2) is 9.17. The number of para-hydroxylation sites is 1. The molecule has 0 saturated heterocycles. The smallest absolute Gasteiger partial charge is 0.306 e. The molecule has 0 radical (unpaired) electrons. The minimum absolute atomic E-state index is 0.102. The number of amides is 2. The molecule has 0 fully saturated rings. The highest BCUT2D eigenvalue weighted by atomic mass is 16.5. The molecule has 0 aromatic heterocycles. The Morgan fingerprint density at radius 3 is 2.54 bits per heavy atom. The molecule has 0 spiro atoms. The zero-order valence-corrected chi connectivity index (χ0v) is 15.6. The lowest BCUT2D eigenvalue weighted by Crippen LogP contribution is -2.37. The topological polar surface area (TPSA) is 75.7 Å². The lowest BCUT2D eigenvalue weighted by molar-refractivity contribution is -0.152. The summed E-state index contributed by atoms with van der Waals surface area (Å²) in [4.78, 5) is 37.3. The van der Waals surface area contributed by atoms with Crippen LogP contribution in [0.2, 0.25) is 0 Å². The Kier molecular flexibility index (Phi) is 6.95. The Balaban J connectivity index is 1.76. The fraction of sp³-hybridized carbons (Fsp3) is 0.450. The molecule has 140 valence electrons. The van der Waals surface area contributed by atoms with Crippen LogP contribution in [0.15, 0.2) is 30.4 Å². The van der Waals surface area contributed by atoms with E-state index in [0.29, 0.717) is 6.42 Å². The van der Waals surface area contributed by atoms with Gasteiger partial charge in [0, 0.05) is 12.7 Å². The molecule has 6 heteroatoms. The third-order valence-electron chi connectivity index (χ3n) is 4.45. The van der Waals surface area contributed by atoms with E-state index in [-0.39, 0.29) is 30.9 Å². The molecule has 0 saturated carbocycles. The Morgan fingerprint density at radius 2 is 1.92 bits per heavy atom. The van der Waals surface area contributed by atoms with E-state index in [4.69, 9.17) is 4.74 Å². The van der Waals surface area contributed by atoms with Crippen LogP contribution in [0.5, 0.6) is 0 Å². The van der Waals surface area contributed by atoms with Crippen molar-refractivity contribution in [1.82, 2.24) is 4.90 Å². The Labute approximate surface area is 154 Å². The van der Waals surface area contributed by atoms with Crippen molar-refractivity contribution in [2.75, 3.05) is 25.5 Å². The molecule has 0 heterocycles. The number of carbonyl (C=O) groups excluding carboxylic acids is 3. The summed E-state index contributed by atoms with van der Waals surface area (Å²) in [5.74, 6) is -0.876. The van der Waals surface area contributed by atoms with E-state index in [9.17, 15) is 14.4 Å². The molecule has 2 amide bonds. The quantitative estimate of drug-likeness (QED) is 0.600. The highest BCUT2D eigenvalue weighted by Gasteiger charge is 2.18. The van der Waals surface area contributed by atoms with Gasteiger partial charge in [-0.1, -0.05) is 30.4 Å². The van der Waals surface area contributed by atoms with E-state index in [1.807, 2.05) is 44.2 Å². The van der Waals surface area contributed by atoms with Gasteiger partial charge in [-0.3, -0.25) is 14.4 Å². The number of nitrogens with zero attached hydrogens (tertiary/aromatic N) is 1. The van der Waals surface area contributed by atoms with Crippen LogP contribution in [0.1, 0.15) is 30.4 Å². The predicted octanol–water partition coefficient (Wildman–Crippen LogP) is 2.60. The number of likely N-dealkylation sites (N-methyl/N-ethyl adjacent to an activating group) is 1. The van der Waals surface area contributed by atoms with Gasteiger partial charge in [0.2, 0.25) is 5.91 Å². The van der Waals surface area contributed by atoms with Crippen LogP contribution in [0, 0.1) is 19.8 Å². The molecule has 2 rings (SSSR count). The second-order valence-corrected chi connectivity index (χ2v) is 6.70. The molecule has 26 heavy (non-hydrogen) atoms. The largest absolute Gasteiger partial charge is 0.456 e. The first-order valence-electron chi connectivity index (χ1n) is 8.79. The summed E-state index contributed by atoms with van der Waals surface area (Å²) in [6, 6.07) is 5.75. The molecule has 1 aromatic carbocycles. The lowest BCUT2D eigenvalue weighted by atomic mass is 10.1. The molecule has 1 aromatic rings. The van der Waals surface area contributed by atoms with E-state index >= 15 is 0 Å². The van der Waals surface area contributed by atoms with E-state index in [0.717, 1.165) is 29.7 Å². The Bertz CT molecular complexity index is 692. The summed E-state index contributed by atoms with van der Waals surface area (Å²) >= 11 is 0. The number of esters is 1. The highest BCUT2D eigenvalue weighted by Crippen LogP contribution is 2.21. The first-order valence-corrected chi connectivity index (χ1v) is 8.79. The summed E-state index contributed by atoms with van der Waals surface area (Å²) in [5, 5.41) is 2.83. The van der Waals surface area contributed by atoms with Crippen molar-refractivity contribution in [3.8, 4) is 0 Å². The van der Waals surface area contributed by atoms with Crippen LogP contribution in [-0.4, -0.2) is 42.9 Å². The molecule has 1 N–H and O–H groups in total. The second-order valence-electron chi connectivity index (χ2n) is 6.70. The maximum atomic E-state index is 12.2. The van der Waals surface area contributed by atoms with Crippen molar-refractivity contribution in [2.45, 2.75) is 33.1 Å². The normalized spacial score (nSPS) is 15.6. The molecule has 1 aliphatic rings. The molecular formula is C20H26N2O4. The van der Waals surface area contributed by atoms with Gasteiger partial charge in [-0.2, -0.15) is 0 Å². The minimum Gasteiger partial charge on any atom is -0.456 e. The maximum absolute atomic E-state index is 12.2. The summed E-state index contributed by atoms with van der Waals surface area (Å²) in [7, 11) is 1.51.